The van der Waals surface area contributed by atoms with Gasteiger partial charge in [-0.2, -0.15) is 0 Å². The fourth-order valence-electron chi connectivity index (χ4n) is 1.16. The minimum absolute atomic E-state index is 0.0388. The summed E-state index contributed by atoms with van der Waals surface area (Å²) in [7, 11) is 0. The van der Waals surface area contributed by atoms with Crippen molar-refractivity contribution >= 4 is 17.3 Å². The monoisotopic (exact) mass is 210 g/mol. The van der Waals surface area contributed by atoms with E-state index in [9.17, 15) is 10.1 Å². The summed E-state index contributed by atoms with van der Waals surface area (Å²) in [5.41, 5.74) is 0.0388. The highest BCUT2D eigenvalue weighted by Gasteiger charge is 2.10. The van der Waals surface area contributed by atoms with E-state index in [1.807, 2.05) is 13.8 Å². The van der Waals surface area contributed by atoms with Crippen molar-refractivity contribution in [3.63, 3.8) is 0 Å². The van der Waals surface area contributed by atoms with Gasteiger partial charge in [0.1, 0.15) is 11.6 Å². The van der Waals surface area contributed by atoms with Crippen LogP contribution >= 0.6 is 0 Å². The van der Waals surface area contributed by atoms with Crippen LogP contribution in [0.2, 0.25) is 0 Å². The molecule has 0 fully saturated rings. The molecule has 1 aromatic heterocycles. The number of hydrogen-bond donors (Lipinski definition) is 2. The predicted molar refractivity (Wildman–Crippen MR) is 59.2 cm³/mol. The normalized spacial score (nSPS) is 9.73. The van der Waals surface area contributed by atoms with Gasteiger partial charge in [0, 0.05) is 13.1 Å². The van der Waals surface area contributed by atoms with E-state index < -0.39 is 4.92 Å². The summed E-state index contributed by atoms with van der Waals surface area (Å²) in [5.74, 6) is 1.03. The Hall–Kier alpha value is -1.85. The first kappa shape index (κ1) is 11.2. The minimum Gasteiger partial charge on any atom is -0.370 e. The molecule has 1 rings (SSSR count). The molecule has 0 amide bonds. The molecule has 0 aliphatic carbocycles. The molecular formula is C9H14N4O2. The summed E-state index contributed by atoms with van der Waals surface area (Å²) in [6.45, 7) is 5.18. The number of hydrogen-bond acceptors (Lipinski definition) is 5. The molecule has 0 bridgehead atoms. The van der Waals surface area contributed by atoms with E-state index in [0.717, 1.165) is 0 Å². The highest BCUT2D eigenvalue weighted by molar-refractivity contribution is 5.54. The van der Waals surface area contributed by atoms with Gasteiger partial charge in [0.25, 0.3) is 5.69 Å². The minimum atomic E-state index is -0.427. The summed E-state index contributed by atoms with van der Waals surface area (Å²) in [6, 6.07) is 2.84. The first-order valence-corrected chi connectivity index (χ1v) is 4.81. The van der Waals surface area contributed by atoms with Gasteiger partial charge >= 0.3 is 0 Å². The SMILES string of the molecule is CCNc1cc([N+](=O)[O-])cc(NCC)n1. The highest BCUT2D eigenvalue weighted by Crippen LogP contribution is 2.20. The first-order chi connectivity index (χ1) is 7.17. The van der Waals surface area contributed by atoms with Crippen molar-refractivity contribution in [2.75, 3.05) is 23.7 Å². The number of nitrogens with one attached hydrogen (secondary N) is 2. The summed E-state index contributed by atoms with van der Waals surface area (Å²) >= 11 is 0. The van der Waals surface area contributed by atoms with Crippen LogP contribution in [-0.2, 0) is 0 Å². The number of aromatic nitrogens is 1. The van der Waals surface area contributed by atoms with Gasteiger partial charge in [-0.25, -0.2) is 4.98 Å². The lowest BCUT2D eigenvalue weighted by molar-refractivity contribution is -0.384. The van der Waals surface area contributed by atoms with Crippen molar-refractivity contribution < 1.29 is 4.92 Å². The Morgan fingerprint density at radius 2 is 1.73 bits per heavy atom. The molecule has 6 nitrogen and oxygen atoms in total. The molecule has 0 aliphatic rings. The zero-order chi connectivity index (χ0) is 11.3. The van der Waals surface area contributed by atoms with Gasteiger partial charge in [-0.05, 0) is 13.8 Å². The van der Waals surface area contributed by atoms with E-state index in [4.69, 9.17) is 0 Å². The van der Waals surface area contributed by atoms with Crippen molar-refractivity contribution in [2.45, 2.75) is 13.8 Å². The third kappa shape index (κ3) is 3.08. The molecule has 0 aliphatic heterocycles. The van der Waals surface area contributed by atoms with E-state index in [2.05, 4.69) is 15.6 Å². The molecule has 0 saturated heterocycles. The molecule has 0 spiro atoms. The number of pyridine rings is 1. The van der Waals surface area contributed by atoms with E-state index >= 15 is 0 Å². The quantitative estimate of drug-likeness (QED) is 0.572. The average Bonchev–Trinajstić information content (AvgIpc) is 2.18. The van der Waals surface area contributed by atoms with Crippen LogP contribution in [0, 0.1) is 10.1 Å². The summed E-state index contributed by atoms with van der Waals surface area (Å²) in [6.07, 6.45) is 0. The molecule has 1 heterocycles. The van der Waals surface area contributed by atoms with Crippen LogP contribution in [0.3, 0.4) is 0 Å². The smallest absolute Gasteiger partial charge is 0.276 e. The summed E-state index contributed by atoms with van der Waals surface area (Å²) in [5, 5.41) is 16.5. The molecule has 15 heavy (non-hydrogen) atoms. The van der Waals surface area contributed by atoms with Crippen molar-refractivity contribution in [3.8, 4) is 0 Å². The van der Waals surface area contributed by atoms with Gasteiger partial charge in [-0.1, -0.05) is 0 Å². The predicted octanol–water partition coefficient (Wildman–Crippen LogP) is 1.85. The number of rotatable bonds is 5. The molecule has 0 aromatic carbocycles. The van der Waals surface area contributed by atoms with Crippen LogP contribution in [-0.4, -0.2) is 23.0 Å². The van der Waals surface area contributed by atoms with Gasteiger partial charge in [0.05, 0.1) is 17.1 Å². The zero-order valence-corrected chi connectivity index (χ0v) is 8.78. The van der Waals surface area contributed by atoms with Crippen LogP contribution < -0.4 is 10.6 Å². The third-order valence-electron chi connectivity index (χ3n) is 1.74. The lowest BCUT2D eigenvalue weighted by Gasteiger charge is -2.06. The third-order valence-corrected chi connectivity index (χ3v) is 1.74. The standard InChI is InChI=1S/C9H14N4O2/c1-3-10-8-5-7(13(14)15)6-9(12-8)11-4-2/h5-6H,3-4H2,1-2H3,(H2,10,11,12). The van der Waals surface area contributed by atoms with E-state index in [1.165, 1.54) is 12.1 Å². The van der Waals surface area contributed by atoms with Gasteiger partial charge < -0.3 is 10.6 Å². The number of nitrogens with zero attached hydrogens (tertiary/aromatic N) is 2. The van der Waals surface area contributed by atoms with Gasteiger partial charge in [-0.15, -0.1) is 0 Å². The van der Waals surface area contributed by atoms with Crippen molar-refractivity contribution in [1.29, 1.82) is 0 Å². The number of nitro groups is 1. The van der Waals surface area contributed by atoms with Crippen LogP contribution in [0.4, 0.5) is 17.3 Å². The average molecular weight is 210 g/mol. The molecule has 0 atom stereocenters. The Bertz CT molecular complexity index is 330. The van der Waals surface area contributed by atoms with Crippen molar-refractivity contribution in [1.82, 2.24) is 4.98 Å². The molecule has 82 valence electrons. The Kier molecular flexibility index (Phi) is 3.84. The van der Waals surface area contributed by atoms with E-state index in [0.29, 0.717) is 24.7 Å². The first-order valence-electron chi connectivity index (χ1n) is 4.81. The molecule has 0 unspecified atom stereocenters. The molecular weight excluding hydrogens is 196 g/mol. The van der Waals surface area contributed by atoms with E-state index in [-0.39, 0.29) is 5.69 Å². The van der Waals surface area contributed by atoms with Gasteiger partial charge in [0.2, 0.25) is 0 Å². The van der Waals surface area contributed by atoms with E-state index in [1.54, 1.807) is 0 Å². The van der Waals surface area contributed by atoms with Gasteiger partial charge in [0.15, 0.2) is 0 Å². The molecule has 2 N–H and O–H groups in total. The maximum Gasteiger partial charge on any atom is 0.276 e. The lowest BCUT2D eigenvalue weighted by Crippen LogP contribution is -2.05. The molecule has 0 radical (unpaired) electrons. The number of anilines is 2. The Morgan fingerprint density at radius 1 is 1.27 bits per heavy atom. The molecule has 0 saturated carbocycles. The van der Waals surface area contributed by atoms with Crippen molar-refractivity contribution in [3.05, 3.63) is 22.2 Å². The molecule has 6 heteroatoms. The maximum atomic E-state index is 10.6. The molecule has 1 aromatic rings. The van der Waals surface area contributed by atoms with Gasteiger partial charge in [-0.3, -0.25) is 10.1 Å². The Labute approximate surface area is 87.9 Å². The second-order valence-corrected chi connectivity index (χ2v) is 2.91. The topological polar surface area (TPSA) is 80.1 Å². The second kappa shape index (κ2) is 5.14. The summed E-state index contributed by atoms with van der Waals surface area (Å²) < 4.78 is 0. The Balaban J connectivity index is 3.02. The van der Waals surface area contributed by atoms with Crippen LogP contribution in [0.1, 0.15) is 13.8 Å². The largest absolute Gasteiger partial charge is 0.370 e. The fraction of sp³-hybridized carbons (Fsp3) is 0.444. The van der Waals surface area contributed by atoms with Crippen LogP contribution in [0.15, 0.2) is 12.1 Å². The zero-order valence-electron chi connectivity index (χ0n) is 8.78. The fourth-order valence-corrected chi connectivity index (χ4v) is 1.16. The lowest BCUT2D eigenvalue weighted by atomic mass is 10.3. The highest BCUT2D eigenvalue weighted by atomic mass is 16.6. The van der Waals surface area contributed by atoms with Crippen LogP contribution in [0.25, 0.3) is 0 Å². The summed E-state index contributed by atoms with van der Waals surface area (Å²) in [4.78, 5) is 14.4. The maximum absolute atomic E-state index is 10.6. The Morgan fingerprint density at radius 3 is 2.07 bits per heavy atom. The van der Waals surface area contributed by atoms with Crippen molar-refractivity contribution in [2.24, 2.45) is 0 Å². The van der Waals surface area contributed by atoms with Crippen LogP contribution in [0.5, 0.6) is 0 Å². The second-order valence-electron chi connectivity index (χ2n) is 2.91.